The molecule has 17 nitrogen and oxygen atoms in total. The van der Waals surface area contributed by atoms with Gasteiger partial charge in [0.05, 0.1) is 18.8 Å². The van der Waals surface area contributed by atoms with Gasteiger partial charge in [-0.25, -0.2) is 17.9 Å². The first-order valence-corrected chi connectivity index (χ1v) is 21.7. The van der Waals surface area contributed by atoms with Gasteiger partial charge in [-0.05, 0) is 55.4 Å². The maximum absolute atomic E-state index is 14.0. The number of ketones is 1. The van der Waals surface area contributed by atoms with Gasteiger partial charge in [-0.1, -0.05) is 71.4 Å². The average molecular weight is 813 g/mol. The smallest absolute Gasteiger partial charge is 0.330 e. The van der Waals surface area contributed by atoms with E-state index in [1.54, 1.807) is 52.8 Å². The summed E-state index contributed by atoms with van der Waals surface area (Å²) in [6.45, 7) is 8.21. The molecule has 1 aliphatic heterocycles. The number of nitrogens with one attached hydrogen (secondary N) is 6. The number of hydrogen-bond donors (Lipinski definition) is 7. The lowest BCUT2D eigenvalue weighted by molar-refractivity contribution is -0.142. The third-order valence-corrected chi connectivity index (χ3v) is 10.8. The van der Waals surface area contributed by atoms with E-state index >= 15 is 0 Å². The lowest BCUT2D eigenvalue weighted by atomic mass is 9.91. The lowest BCUT2D eigenvalue weighted by Gasteiger charge is -2.32. The molecule has 0 spiro atoms. The number of carbonyl (C=O) groups is 7. The summed E-state index contributed by atoms with van der Waals surface area (Å²) in [4.78, 5) is 91.6. The molecular weight excluding hydrogens is 757 g/mol. The minimum Gasteiger partial charge on any atom is -0.479 e. The second-order valence-electron chi connectivity index (χ2n) is 14.6. The first-order chi connectivity index (χ1) is 25.7. The summed E-state index contributed by atoms with van der Waals surface area (Å²) >= 11 is 0. The van der Waals surface area contributed by atoms with Crippen LogP contribution in [0.25, 0.3) is 0 Å². The molecule has 1 aliphatic rings. The van der Waals surface area contributed by atoms with Gasteiger partial charge in [-0.3, -0.25) is 33.0 Å². The number of amides is 5. The van der Waals surface area contributed by atoms with E-state index in [1.165, 1.54) is 12.1 Å². The van der Waals surface area contributed by atoms with Crippen LogP contribution in [0.5, 0.6) is 0 Å². The summed E-state index contributed by atoms with van der Waals surface area (Å²) in [6, 6.07) is 1.52. The first-order valence-electron chi connectivity index (χ1n) is 18.3. The van der Waals surface area contributed by atoms with Crippen molar-refractivity contribution in [3.05, 3.63) is 35.9 Å². The number of hydrogen-bond acceptors (Lipinski definition) is 10. The van der Waals surface area contributed by atoms with Crippen LogP contribution >= 0.6 is 0 Å². The molecule has 1 fully saturated rings. The molecule has 1 saturated heterocycles. The largest absolute Gasteiger partial charge is 0.479 e. The Labute approximate surface area is 325 Å². The standard InChI is InChI=1S/C36H56N6O11S2/c1-7-11-25(31(44)35(48)37-20-28(43)40-30(36(49)50)23-12-9-8-10-13-23)38-32(45)26(18-21(2)3)39-34(47)29(24-14-16-54(51)17-15-24)41-33(46)27(19-22(4)5)42-55(6,52)53/h8-10,12-13,21-22,24-27,29-30,42H,7,11,14-20H2,1-6H3,(H,37,48)(H,38,45)(H,39,47)(H,40,43)(H,41,46)(H,49,50)/t24?,25-,26+,27?,29+,30+,54?/m1/s1. The van der Waals surface area contributed by atoms with Gasteiger partial charge >= 0.3 is 5.97 Å². The topological polar surface area (TPSA) is 263 Å². The molecule has 1 aromatic rings. The lowest BCUT2D eigenvalue weighted by Crippen LogP contribution is -2.60. The summed E-state index contributed by atoms with van der Waals surface area (Å²) < 4.78 is 38.6. The van der Waals surface area contributed by atoms with Gasteiger partial charge in [0.25, 0.3) is 5.91 Å². The molecular formula is C36H56N6O11S2. The number of Topliss-reactive ketones (excluding diaryl/α,β-unsaturated/α-hetero) is 1. The van der Waals surface area contributed by atoms with E-state index in [9.17, 15) is 51.3 Å². The van der Waals surface area contributed by atoms with Gasteiger partial charge in [0.2, 0.25) is 39.4 Å². The molecule has 1 unspecified atom stereocenters. The Kier molecular flexibility index (Phi) is 19.1. The Hall–Kier alpha value is -4.23. The fraction of sp³-hybridized carbons (Fsp3) is 0.639. The van der Waals surface area contributed by atoms with Gasteiger partial charge in [-0.15, -0.1) is 0 Å². The van der Waals surface area contributed by atoms with E-state index in [0.717, 1.165) is 6.26 Å². The number of benzene rings is 1. The minimum atomic E-state index is -3.80. The summed E-state index contributed by atoms with van der Waals surface area (Å²) in [5.41, 5.74) is 0.294. The van der Waals surface area contributed by atoms with Crippen molar-refractivity contribution in [2.45, 2.75) is 103 Å². The van der Waals surface area contributed by atoms with E-state index in [-0.39, 0.29) is 42.6 Å². The van der Waals surface area contributed by atoms with Gasteiger partial charge in [0.15, 0.2) is 6.04 Å². The van der Waals surface area contributed by atoms with Crippen molar-refractivity contribution >= 4 is 62.1 Å². The second-order valence-corrected chi connectivity index (χ2v) is 18.1. The predicted octanol–water partition coefficient (Wildman–Crippen LogP) is 0.0370. The quantitative estimate of drug-likeness (QED) is 0.0769. The average Bonchev–Trinajstić information content (AvgIpc) is 3.10. The molecule has 0 aliphatic carbocycles. The maximum Gasteiger partial charge on any atom is 0.330 e. The van der Waals surface area contributed by atoms with Crippen LogP contribution in [0.15, 0.2) is 30.3 Å². The molecule has 0 saturated carbocycles. The van der Waals surface area contributed by atoms with Crippen LogP contribution in [0.4, 0.5) is 0 Å². The van der Waals surface area contributed by atoms with E-state index < -0.39 is 105 Å². The summed E-state index contributed by atoms with van der Waals surface area (Å²) in [5.74, 6) is -6.85. The summed E-state index contributed by atoms with van der Waals surface area (Å²) in [6.07, 6.45) is 2.20. The SMILES string of the molecule is CCC[C@@H](NC(=O)[C@H](CC(C)C)NC(=O)[C@@H](NC(=O)C(CC(C)C)NS(C)(=O)=O)C1CCS(=O)CC1)C(=O)C(=O)NCC(=O)N[C@H](C(=O)O)c1ccccc1. The minimum absolute atomic E-state index is 0.0318. The molecule has 5 atom stereocenters. The third kappa shape index (κ3) is 16.6. The molecule has 1 aromatic carbocycles. The molecule has 5 amide bonds. The van der Waals surface area contributed by atoms with Crippen molar-refractivity contribution in [3.63, 3.8) is 0 Å². The van der Waals surface area contributed by atoms with Crippen LogP contribution in [0.3, 0.4) is 0 Å². The van der Waals surface area contributed by atoms with Crippen LogP contribution in [0.2, 0.25) is 0 Å². The van der Waals surface area contributed by atoms with Crippen molar-refractivity contribution in [1.29, 1.82) is 0 Å². The predicted molar refractivity (Wildman–Crippen MR) is 205 cm³/mol. The maximum atomic E-state index is 14.0. The van der Waals surface area contributed by atoms with Crippen LogP contribution in [-0.2, 0) is 54.4 Å². The molecule has 1 heterocycles. The Morgan fingerprint density at radius 2 is 1.35 bits per heavy atom. The number of carboxylic acids is 1. The van der Waals surface area contributed by atoms with Crippen molar-refractivity contribution in [3.8, 4) is 0 Å². The Morgan fingerprint density at radius 3 is 1.87 bits per heavy atom. The monoisotopic (exact) mass is 812 g/mol. The normalized spacial score (nSPS) is 18.5. The zero-order valence-corrected chi connectivity index (χ0v) is 33.8. The molecule has 308 valence electrons. The van der Waals surface area contributed by atoms with Crippen LogP contribution < -0.4 is 31.3 Å². The number of carboxylic acid groups (broad SMARTS) is 1. The summed E-state index contributed by atoms with van der Waals surface area (Å²) in [5, 5.41) is 22.0. The fourth-order valence-corrected chi connectivity index (χ4v) is 8.14. The number of rotatable bonds is 22. The van der Waals surface area contributed by atoms with Crippen molar-refractivity contribution in [2.75, 3.05) is 24.3 Å². The van der Waals surface area contributed by atoms with Gasteiger partial charge in [0.1, 0.15) is 18.1 Å². The second kappa shape index (κ2) is 22.4. The number of sulfonamides is 1. The molecule has 19 heteroatoms. The number of aliphatic carboxylic acids is 1. The van der Waals surface area contributed by atoms with Crippen LogP contribution in [0, 0.1) is 17.8 Å². The van der Waals surface area contributed by atoms with E-state index in [1.807, 2.05) is 0 Å². The van der Waals surface area contributed by atoms with Gasteiger partial charge in [0, 0.05) is 22.3 Å². The van der Waals surface area contributed by atoms with E-state index in [2.05, 4.69) is 31.3 Å². The van der Waals surface area contributed by atoms with Crippen molar-refractivity contribution in [2.24, 2.45) is 17.8 Å². The zero-order chi connectivity index (χ0) is 41.5. The molecule has 2 rings (SSSR count). The fourth-order valence-electron chi connectivity index (χ4n) is 6.08. The van der Waals surface area contributed by atoms with Gasteiger partial charge in [-0.2, -0.15) is 0 Å². The highest BCUT2D eigenvalue weighted by atomic mass is 32.2. The van der Waals surface area contributed by atoms with Crippen molar-refractivity contribution < 1.29 is 51.3 Å². The van der Waals surface area contributed by atoms with Crippen LogP contribution in [-0.4, -0.2) is 107 Å². The Morgan fingerprint density at radius 1 is 0.800 bits per heavy atom. The molecule has 55 heavy (non-hydrogen) atoms. The molecule has 7 N–H and O–H groups in total. The highest BCUT2D eigenvalue weighted by molar-refractivity contribution is 7.88. The highest BCUT2D eigenvalue weighted by Gasteiger charge is 2.37. The van der Waals surface area contributed by atoms with E-state index in [0.29, 0.717) is 24.8 Å². The molecule has 0 aromatic heterocycles. The summed E-state index contributed by atoms with van der Waals surface area (Å²) in [7, 11) is -4.91. The Bertz CT molecular complexity index is 1650. The number of carbonyl (C=O) groups excluding carboxylic acids is 6. The molecule has 0 radical (unpaired) electrons. The highest BCUT2D eigenvalue weighted by Crippen LogP contribution is 2.22. The Balaban J connectivity index is 2.22. The van der Waals surface area contributed by atoms with E-state index in [4.69, 9.17) is 0 Å². The van der Waals surface area contributed by atoms with Crippen LogP contribution in [0.1, 0.15) is 84.7 Å². The van der Waals surface area contributed by atoms with Gasteiger partial charge < -0.3 is 31.7 Å². The van der Waals surface area contributed by atoms with Crippen molar-refractivity contribution in [1.82, 2.24) is 31.3 Å². The zero-order valence-electron chi connectivity index (χ0n) is 32.2. The first kappa shape index (κ1) is 46.9. The molecule has 0 bridgehead atoms. The third-order valence-electron chi connectivity index (χ3n) is 8.73.